The van der Waals surface area contributed by atoms with Crippen LogP contribution in [0.4, 0.5) is 0 Å². The number of benzene rings is 3. The smallest absolute Gasteiger partial charge is 0.184 e. The maximum atomic E-state index is 6.47. The summed E-state index contributed by atoms with van der Waals surface area (Å²) in [6.45, 7) is 6.66. The van der Waals surface area contributed by atoms with Gasteiger partial charge in [0.2, 0.25) is 0 Å². The van der Waals surface area contributed by atoms with Crippen LogP contribution in [0.5, 0.6) is 0 Å². The summed E-state index contributed by atoms with van der Waals surface area (Å²) >= 11 is 0. The lowest BCUT2D eigenvalue weighted by molar-refractivity contribution is -0.324. The first-order valence-corrected chi connectivity index (χ1v) is 11.5. The van der Waals surface area contributed by atoms with Crippen LogP contribution in [-0.2, 0) is 27.3 Å². The monoisotopic (exact) mass is 442 g/mol. The topological polar surface area (TPSA) is 34.2 Å². The van der Waals surface area contributed by atoms with Crippen molar-refractivity contribution in [1.82, 2.24) is 10.0 Å². The summed E-state index contributed by atoms with van der Waals surface area (Å²) in [5.74, 6) is 0. The van der Waals surface area contributed by atoms with Crippen LogP contribution >= 0.6 is 0 Å². The van der Waals surface area contributed by atoms with Crippen molar-refractivity contribution in [3.63, 3.8) is 0 Å². The van der Waals surface area contributed by atoms with Crippen LogP contribution in [0.15, 0.2) is 104 Å². The molecule has 0 radical (unpaired) electrons. The fourth-order valence-electron chi connectivity index (χ4n) is 4.55. The van der Waals surface area contributed by atoms with Crippen LogP contribution in [0, 0.1) is 0 Å². The van der Waals surface area contributed by atoms with Crippen LogP contribution in [0.25, 0.3) is 0 Å². The van der Waals surface area contributed by atoms with Crippen LogP contribution in [-0.4, -0.2) is 41.6 Å². The van der Waals surface area contributed by atoms with E-state index < -0.39 is 6.29 Å². The molecule has 0 saturated carbocycles. The Hall–Kier alpha value is -2.80. The van der Waals surface area contributed by atoms with Gasteiger partial charge >= 0.3 is 0 Å². The van der Waals surface area contributed by atoms with E-state index in [0.717, 1.165) is 18.7 Å². The fourth-order valence-corrected chi connectivity index (χ4v) is 4.55. The molecule has 33 heavy (non-hydrogen) atoms. The molecule has 0 N–H and O–H groups in total. The van der Waals surface area contributed by atoms with Crippen molar-refractivity contribution in [3.05, 3.63) is 120 Å². The molecule has 170 valence electrons. The summed E-state index contributed by atoms with van der Waals surface area (Å²) in [4.78, 5) is 0. The summed E-state index contributed by atoms with van der Waals surface area (Å²) in [5, 5.41) is 4.59. The van der Waals surface area contributed by atoms with Gasteiger partial charge in [-0.2, -0.15) is 0 Å². The van der Waals surface area contributed by atoms with E-state index >= 15 is 0 Å². The molecule has 5 nitrogen and oxygen atoms in total. The minimum atomic E-state index is -0.407. The standard InChI is InChI=1S/C28H30N2O3/c1-2-25-27-26(20-31-28(33-27)24-16-10-5-11-17-24)32-21-30(25)29(18-22-12-6-3-7-13-22)19-23-14-8-4-9-15-23/h2-17,25-28H,1,18-21H2/t25-,26+,27+,28-/m0/s1. The predicted octanol–water partition coefficient (Wildman–Crippen LogP) is 4.93. The van der Waals surface area contributed by atoms with E-state index in [0.29, 0.717) is 13.3 Å². The van der Waals surface area contributed by atoms with E-state index in [1.165, 1.54) is 11.1 Å². The van der Waals surface area contributed by atoms with Crippen LogP contribution in [0.2, 0.25) is 0 Å². The van der Waals surface area contributed by atoms with Gasteiger partial charge in [-0.25, -0.2) is 10.0 Å². The quantitative estimate of drug-likeness (QED) is 0.485. The van der Waals surface area contributed by atoms with Gasteiger partial charge in [-0.1, -0.05) is 97.1 Å². The Bertz CT molecular complexity index is 974. The lowest BCUT2D eigenvalue weighted by Gasteiger charge is -2.50. The van der Waals surface area contributed by atoms with Crippen LogP contribution in [0.3, 0.4) is 0 Å². The number of ether oxygens (including phenoxy) is 3. The average Bonchev–Trinajstić information content (AvgIpc) is 2.89. The van der Waals surface area contributed by atoms with Gasteiger partial charge in [0, 0.05) is 18.7 Å². The summed E-state index contributed by atoms with van der Waals surface area (Å²) in [7, 11) is 0. The lowest BCUT2D eigenvalue weighted by Crippen LogP contribution is -2.63. The van der Waals surface area contributed by atoms with Crippen LogP contribution in [0.1, 0.15) is 23.0 Å². The molecule has 2 saturated heterocycles. The van der Waals surface area contributed by atoms with E-state index in [2.05, 4.69) is 65.1 Å². The van der Waals surface area contributed by atoms with Crippen molar-refractivity contribution in [2.75, 3.05) is 13.3 Å². The normalized spacial score (nSPS) is 25.5. The summed E-state index contributed by atoms with van der Waals surface area (Å²) in [6.07, 6.45) is 1.27. The van der Waals surface area contributed by atoms with Crippen molar-refractivity contribution in [2.24, 2.45) is 0 Å². The highest BCUT2D eigenvalue weighted by Gasteiger charge is 2.45. The Morgan fingerprint density at radius 2 is 1.39 bits per heavy atom. The first-order valence-electron chi connectivity index (χ1n) is 11.5. The van der Waals surface area contributed by atoms with Gasteiger partial charge in [-0.3, -0.25) is 0 Å². The van der Waals surface area contributed by atoms with Crippen LogP contribution < -0.4 is 0 Å². The first-order chi connectivity index (χ1) is 16.3. The Kier molecular flexibility index (Phi) is 6.95. The molecule has 0 spiro atoms. The molecule has 0 unspecified atom stereocenters. The van der Waals surface area contributed by atoms with Gasteiger partial charge in [0.1, 0.15) is 18.9 Å². The zero-order valence-corrected chi connectivity index (χ0v) is 18.7. The molecule has 0 aliphatic carbocycles. The average molecular weight is 443 g/mol. The Morgan fingerprint density at radius 1 is 0.818 bits per heavy atom. The molecule has 5 rings (SSSR count). The van der Waals surface area contributed by atoms with Crippen molar-refractivity contribution >= 4 is 0 Å². The molecule has 4 atom stereocenters. The number of hydrogen-bond donors (Lipinski definition) is 0. The van der Waals surface area contributed by atoms with Gasteiger partial charge in [0.05, 0.1) is 12.6 Å². The number of nitrogens with zero attached hydrogens (tertiary/aromatic N) is 2. The largest absolute Gasteiger partial charge is 0.356 e. The molecule has 5 heteroatoms. The summed E-state index contributed by atoms with van der Waals surface area (Å²) < 4.78 is 18.7. The van der Waals surface area contributed by atoms with Gasteiger partial charge in [0.25, 0.3) is 0 Å². The second kappa shape index (κ2) is 10.4. The van der Waals surface area contributed by atoms with E-state index in [1.54, 1.807) is 0 Å². The summed E-state index contributed by atoms with van der Waals surface area (Å²) in [6, 6.07) is 31.1. The maximum Gasteiger partial charge on any atom is 0.184 e. The highest BCUT2D eigenvalue weighted by atomic mass is 16.7. The third kappa shape index (κ3) is 5.08. The molecule has 0 amide bonds. The fraction of sp³-hybridized carbons (Fsp3) is 0.286. The van der Waals surface area contributed by atoms with E-state index in [1.807, 2.05) is 48.5 Å². The first kappa shape index (κ1) is 22.0. The molecule has 0 bridgehead atoms. The van der Waals surface area contributed by atoms with Gasteiger partial charge in [-0.15, -0.1) is 6.58 Å². The Labute approximate surface area is 195 Å². The molecule has 0 aromatic heterocycles. The zero-order chi connectivity index (χ0) is 22.5. The third-order valence-electron chi connectivity index (χ3n) is 6.25. The molecular weight excluding hydrogens is 412 g/mol. The molecular formula is C28H30N2O3. The van der Waals surface area contributed by atoms with Crippen molar-refractivity contribution in [3.8, 4) is 0 Å². The number of fused-ring (bicyclic) bond motifs is 1. The Balaban J connectivity index is 1.40. The predicted molar refractivity (Wildman–Crippen MR) is 128 cm³/mol. The van der Waals surface area contributed by atoms with Crippen molar-refractivity contribution < 1.29 is 14.2 Å². The highest BCUT2D eigenvalue weighted by molar-refractivity contribution is 5.18. The van der Waals surface area contributed by atoms with Gasteiger partial charge in [0.15, 0.2) is 6.29 Å². The van der Waals surface area contributed by atoms with E-state index in [-0.39, 0.29) is 18.2 Å². The molecule has 2 fully saturated rings. The maximum absolute atomic E-state index is 6.47. The highest BCUT2D eigenvalue weighted by Crippen LogP contribution is 2.34. The molecule has 2 aliphatic rings. The zero-order valence-electron chi connectivity index (χ0n) is 18.7. The number of hydrogen-bond acceptors (Lipinski definition) is 5. The second-order valence-electron chi connectivity index (χ2n) is 8.47. The minimum absolute atomic E-state index is 0.0358. The van der Waals surface area contributed by atoms with Gasteiger partial charge in [-0.05, 0) is 11.1 Å². The van der Waals surface area contributed by atoms with E-state index in [4.69, 9.17) is 14.2 Å². The number of rotatable bonds is 7. The lowest BCUT2D eigenvalue weighted by atomic mass is 10.0. The van der Waals surface area contributed by atoms with E-state index in [9.17, 15) is 0 Å². The molecule has 3 aromatic rings. The van der Waals surface area contributed by atoms with Crippen molar-refractivity contribution in [1.29, 1.82) is 0 Å². The molecule has 2 heterocycles. The summed E-state index contributed by atoms with van der Waals surface area (Å²) in [5.41, 5.74) is 3.50. The minimum Gasteiger partial charge on any atom is -0.356 e. The van der Waals surface area contributed by atoms with Crippen molar-refractivity contribution in [2.45, 2.75) is 37.6 Å². The third-order valence-corrected chi connectivity index (χ3v) is 6.25. The number of hydrazine groups is 1. The SMILES string of the molecule is C=C[C@H]1[C@H]2O[C@@H](c3ccccc3)OC[C@H]2OCN1N(Cc1ccccc1)Cc1ccccc1. The molecule has 2 aliphatic heterocycles. The Morgan fingerprint density at radius 3 is 1.97 bits per heavy atom. The molecule has 3 aromatic carbocycles. The second-order valence-corrected chi connectivity index (χ2v) is 8.47. The van der Waals surface area contributed by atoms with Gasteiger partial charge < -0.3 is 14.2 Å².